The predicted octanol–water partition coefficient (Wildman–Crippen LogP) is 3.48. The standard InChI is InChI=1S/C18H23FN4/c1-4-22-12-15(17-6-5-16(19)9-18(17)22)10-20-14(3)11-23-8-7-13(2)21-23/h5-9,12,14,20H,4,10-11H2,1-3H3. The number of halogens is 1. The van der Waals surface area contributed by atoms with Crippen molar-refractivity contribution in [2.45, 2.75) is 46.4 Å². The van der Waals surface area contributed by atoms with Crippen LogP contribution in [0.25, 0.3) is 10.9 Å². The summed E-state index contributed by atoms with van der Waals surface area (Å²) in [5.41, 5.74) is 3.19. The smallest absolute Gasteiger partial charge is 0.125 e. The van der Waals surface area contributed by atoms with E-state index >= 15 is 0 Å². The van der Waals surface area contributed by atoms with Gasteiger partial charge in [-0.2, -0.15) is 5.10 Å². The second-order valence-electron chi connectivity index (χ2n) is 6.06. The molecule has 0 aliphatic carbocycles. The van der Waals surface area contributed by atoms with Crippen LogP contribution in [-0.4, -0.2) is 20.4 Å². The van der Waals surface area contributed by atoms with Gasteiger partial charge in [0, 0.05) is 36.9 Å². The molecule has 0 bridgehead atoms. The first-order valence-corrected chi connectivity index (χ1v) is 8.07. The molecule has 2 aromatic heterocycles. The number of nitrogens with one attached hydrogen (secondary N) is 1. The van der Waals surface area contributed by atoms with Crippen molar-refractivity contribution in [1.82, 2.24) is 19.7 Å². The van der Waals surface area contributed by atoms with Crippen LogP contribution in [0.2, 0.25) is 0 Å². The van der Waals surface area contributed by atoms with Gasteiger partial charge < -0.3 is 9.88 Å². The zero-order chi connectivity index (χ0) is 16.4. The molecule has 3 aromatic rings. The summed E-state index contributed by atoms with van der Waals surface area (Å²) in [5, 5.41) is 9.06. The molecule has 1 N–H and O–H groups in total. The van der Waals surface area contributed by atoms with E-state index in [-0.39, 0.29) is 5.82 Å². The number of aryl methyl sites for hydroxylation is 2. The zero-order valence-corrected chi connectivity index (χ0v) is 13.9. The van der Waals surface area contributed by atoms with Crippen molar-refractivity contribution in [1.29, 1.82) is 0 Å². The van der Waals surface area contributed by atoms with Gasteiger partial charge in [-0.15, -0.1) is 0 Å². The normalized spacial score (nSPS) is 12.9. The predicted molar refractivity (Wildman–Crippen MR) is 90.8 cm³/mol. The highest BCUT2D eigenvalue weighted by molar-refractivity contribution is 5.84. The third kappa shape index (κ3) is 3.45. The van der Waals surface area contributed by atoms with Crippen LogP contribution in [0.5, 0.6) is 0 Å². The molecular formula is C18H23FN4. The third-order valence-corrected chi connectivity index (χ3v) is 4.14. The molecule has 0 amide bonds. The fourth-order valence-electron chi connectivity index (χ4n) is 2.94. The maximum Gasteiger partial charge on any atom is 0.125 e. The van der Waals surface area contributed by atoms with E-state index in [1.165, 1.54) is 11.6 Å². The molecule has 0 aliphatic rings. The molecule has 3 rings (SSSR count). The van der Waals surface area contributed by atoms with E-state index in [1.807, 2.05) is 29.9 Å². The molecular weight excluding hydrogens is 291 g/mol. The minimum atomic E-state index is -0.188. The summed E-state index contributed by atoms with van der Waals surface area (Å²) in [4.78, 5) is 0. The first-order chi connectivity index (χ1) is 11.1. The van der Waals surface area contributed by atoms with Crippen LogP contribution in [-0.2, 0) is 19.6 Å². The lowest BCUT2D eigenvalue weighted by atomic mass is 10.1. The number of hydrogen-bond donors (Lipinski definition) is 1. The number of aromatic nitrogens is 3. The summed E-state index contributed by atoms with van der Waals surface area (Å²) in [7, 11) is 0. The highest BCUT2D eigenvalue weighted by Crippen LogP contribution is 2.22. The largest absolute Gasteiger partial charge is 0.347 e. The van der Waals surface area contributed by atoms with E-state index in [9.17, 15) is 4.39 Å². The topological polar surface area (TPSA) is 34.8 Å². The van der Waals surface area contributed by atoms with Crippen LogP contribution in [0.3, 0.4) is 0 Å². The molecule has 4 nitrogen and oxygen atoms in total. The van der Waals surface area contributed by atoms with Crippen LogP contribution in [0, 0.1) is 12.7 Å². The molecule has 5 heteroatoms. The van der Waals surface area contributed by atoms with Crippen molar-refractivity contribution < 1.29 is 4.39 Å². The van der Waals surface area contributed by atoms with E-state index in [1.54, 1.807) is 6.07 Å². The summed E-state index contributed by atoms with van der Waals surface area (Å²) < 4.78 is 17.5. The molecule has 1 unspecified atom stereocenters. The summed E-state index contributed by atoms with van der Waals surface area (Å²) in [6, 6.07) is 7.32. The summed E-state index contributed by atoms with van der Waals surface area (Å²) in [6.07, 6.45) is 4.11. The molecule has 0 fully saturated rings. The molecule has 0 aliphatic heterocycles. The minimum absolute atomic E-state index is 0.188. The Balaban J connectivity index is 1.71. The van der Waals surface area contributed by atoms with Gasteiger partial charge in [0.2, 0.25) is 0 Å². The highest BCUT2D eigenvalue weighted by Gasteiger charge is 2.10. The quantitative estimate of drug-likeness (QED) is 0.756. The molecule has 2 heterocycles. The van der Waals surface area contributed by atoms with Crippen molar-refractivity contribution in [3.05, 3.63) is 53.7 Å². The van der Waals surface area contributed by atoms with Crippen LogP contribution in [0.15, 0.2) is 36.7 Å². The zero-order valence-electron chi connectivity index (χ0n) is 13.9. The minimum Gasteiger partial charge on any atom is -0.347 e. The molecule has 0 spiro atoms. The molecule has 0 saturated heterocycles. The monoisotopic (exact) mass is 314 g/mol. The first-order valence-electron chi connectivity index (χ1n) is 8.07. The first kappa shape index (κ1) is 15.7. The lowest BCUT2D eigenvalue weighted by molar-refractivity contribution is 0.450. The van der Waals surface area contributed by atoms with Crippen molar-refractivity contribution >= 4 is 10.9 Å². The fraction of sp³-hybridized carbons (Fsp3) is 0.389. The Morgan fingerprint density at radius 2 is 2.13 bits per heavy atom. The Kier molecular flexibility index (Phi) is 4.48. The fourth-order valence-corrected chi connectivity index (χ4v) is 2.94. The van der Waals surface area contributed by atoms with Crippen LogP contribution >= 0.6 is 0 Å². The van der Waals surface area contributed by atoms with Gasteiger partial charge in [-0.05, 0) is 50.6 Å². The number of benzene rings is 1. The van der Waals surface area contributed by atoms with E-state index in [2.05, 4.69) is 35.0 Å². The van der Waals surface area contributed by atoms with Gasteiger partial charge in [0.15, 0.2) is 0 Å². The molecule has 23 heavy (non-hydrogen) atoms. The number of fused-ring (bicyclic) bond motifs is 1. The second-order valence-corrected chi connectivity index (χ2v) is 6.06. The average Bonchev–Trinajstić information content (AvgIpc) is 3.08. The molecule has 1 aromatic carbocycles. The van der Waals surface area contributed by atoms with Gasteiger partial charge in [0.25, 0.3) is 0 Å². The van der Waals surface area contributed by atoms with Gasteiger partial charge in [-0.1, -0.05) is 0 Å². The molecule has 122 valence electrons. The van der Waals surface area contributed by atoms with E-state index < -0.39 is 0 Å². The Morgan fingerprint density at radius 1 is 1.30 bits per heavy atom. The second kappa shape index (κ2) is 6.54. The number of rotatable bonds is 6. The Bertz CT molecular complexity index is 803. The van der Waals surface area contributed by atoms with Crippen LogP contribution in [0.1, 0.15) is 25.1 Å². The van der Waals surface area contributed by atoms with Gasteiger partial charge in [-0.3, -0.25) is 4.68 Å². The maximum atomic E-state index is 13.5. The van der Waals surface area contributed by atoms with Gasteiger partial charge in [0.05, 0.1) is 17.8 Å². The lowest BCUT2D eigenvalue weighted by Gasteiger charge is -2.13. The Hall–Kier alpha value is -2.14. The summed E-state index contributed by atoms with van der Waals surface area (Å²) in [6.45, 7) is 8.64. The van der Waals surface area contributed by atoms with Gasteiger partial charge in [0.1, 0.15) is 5.82 Å². The molecule has 0 saturated carbocycles. The molecule has 1 atom stereocenters. The van der Waals surface area contributed by atoms with Crippen molar-refractivity contribution in [3.63, 3.8) is 0 Å². The number of nitrogens with zero attached hydrogens (tertiary/aromatic N) is 3. The molecule has 0 radical (unpaired) electrons. The third-order valence-electron chi connectivity index (χ3n) is 4.14. The van der Waals surface area contributed by atoms with Crippen LogP contribution in [0.4, 0.5) is 4.39 Å². The van der Waals surface area contributed by atoms with Crippen molar-refractivity contribution in [2.75, 3.05) is 0 Å². The van der Waals surface area contributed by atoms with E-state index in [0.717, 1.165) is 36.2 Å². The van der Waals surface area contributed by atoms with E-state index in [4.69, 9.17) is 0 Å². The SMILES string of the molecule is CCn1cc(CNC(C)Cn2ccc(C)n2)c2ccc(F)cc21. The van der Waals surface area contributed by atoms with Crippen molar-refractivity contribution in [2.24, 2.45) is 0 Å². The summed E-state index contributed by atoms with van der Waals surface area (Å²) >= 11 is 0. The highest BCUT2D eigenvalue weighted by atomic mass is 19.1. The Morgan fingerprint density at radius 3 is 2.83 bits per heavy atom. The van der Waals surface area contributed by atoms with Gasteiger partial charge >= 0.3 is 0 Å². The van der Waals surface area contributed by atoms with Crippen molar-refractivity contribution in [3.8, 4) is 0 Å². The number of hydrogen-bond acceptors (Lipinski definition) is 2. The van der Waals surface area contributed by atoms with Crippen LogP contribution < -0.4 is 5.32 Å². The van der Waals surface area contributed by atoms with Gasteiger partial charge in [-0.25, -0.2) is 4.39 Å². The Labute approximate surface area is 135 Å². The summed E-state index contributed by atoms with van der Waals surface area (Å²) in [5.74, 6) is -0.188. The van der Waals surface area contributed by atoms with E-state index in [0.29, 0.717) is 6.04 Å². The lowest BCUT2D eigenvalue weighted by Crippen LogP contribution is -2.30. The average molecular weight is 314 g/mol. The maximum absolute atomic E-state index is 13.5.